The second kappa shape index (κ2) is 3.90. The van der Waals surface area contributed by atoms with Gasteiger partial charge in [0.25, 0.3) is 0 Å². The lowest BCUT2D eigenvalue weighted by Crippen LogP contribution is -2.11. The zero-order valence-corrected chi connectivity index (χ0v) is 7.53. The molecule has 68 valence electrons. The molecule has 2 heteroatoms. The molecule has 13 heavy (non-hydrogen) atoms. The van der Waals surface area contributed by atoms with Crippen LogP contribution in [0.25, 0.3) is 0 Å². The predicted octanol–water partition coefficient (Wildman–Crippen LogP) is 2.43. The van der Waals surface area contributed by atoms with E-state index in [-0.39, 0.29) is 0 Å². The van der Waals surface area contributed by atoms with E-state index in [0.29, 0.717) is 5.57 Å². The number of hydrogen-bond acceptors (Lipinski definition) is 1. The van der Waals surface area contributed by atoms with Gasteiger partial charge in [-0.25, -0.2) is 0 Å². The Morgan fingerprint density at radius 2 is 1.92 bits per heavy atom. The standard InChI is InChI=1S/C11H12O2/c1-8(2)10(11(12)13)9-6-4-3-5-7-9/h3-7,10H,1H2,2H3,(H,12,13)/t10-/m0/s1. The molecule has 1 aromatic carbocycles. The first kappa shape index (κ1) is 9.52. The van der Waals surface area contributed by atoms with Gasteiger partial charge < -0.3 is 5.11 Å². The lowest BCUT2D eigenvalue weighted by Gasteiger charge is -2.11. The molecule has 0 bridgehead atoms. The molecule has 1 atom stereocenters. The average molecular weight is 176 g/mol. The topological polar surface area (TPSA) is 37.3 Å². The van der Waals surface area contributed by atoms with E-state index in [2.05, 4.69) is 6.58 Å². The number of hydrogen-bond donors (Lipinski definition) is 1. The van der Waals surface area contributed by atoms with Crippen molar-refractivity contribution in [3.05, 3.63) is 48.0 Å². The lowest BCUT2D eigenvalue weighted by molar-refractivity contribution is -0.137. The third-order valence-corrected chi connectivity index (χ3v) is 1.87. The molecule has 0 aliphatic carbocycles. The van der Waals surface area contributed by atoms with Crippen molar-refractivity contribution in [1.29, 1.82) is 0 Å². The van der Waals surface area contributed by atoms with Crippen LogP contribution in [0.3, 0.4) is 0 Å². The molecule has 0 radical (unpaired) electrons. The number of aliphatic carboxylic acids is 1. The summed E-state index contributed by atoms with van der Waals surface area (Å²) in [6.45, 7) is 5.40. The van der Waals surface area contributed by atoms with Crippen LogP contribution >= 0.6 is 0 Å². The molecule has 0 spiro atoms. The molecular weight excluding hydrogens is 164 g/mol. The van der Waals surface area contributed by atoms with Crippen molar-refractivity contribution in [1.82, 2.24) is 0 Å². The van der Waals surface area contributed by atoms with Crippen LogP contribution in [0, 0.1) is 0 Å². The first-order chi connectivity index (χ1) is 6.13. The summed E-state index contributed by atoms with van der Waals surface area (Å²) in [5.41, 5.74) is 1.43. The molecule has 0 saturated carbocycles. The SMILES string of the molecule is C=C(C)[C@H](C(=O)O)c1ccccc1. The molecule has 0 amide bonds. The highest BCUT2D eigenvalue weighted by molar-refractivity contribution is 5.79. The van der Waals surface area contributed by atoms with Crippen LogP contribution in [0.15, 0.2) is 42.5 Å². The van der Waals surface area contributed by atoms with Gasteiger partial charge in [-0.3, -0.25) is 4.79 Å². The molecule has 1 rings (SSSR count). The molecule has 0 aliphatic rings. The van der Waals surface area contributed by atoms with Gasteiger partial charge in [-0.2, -0.15) is 0 Å². The van der Waals surface area contributed by atoms with E-state index in [4.69, 9.17) is 5.11 Å². The maximum atomic E-state index is 10.9. The molecule has 0 aromatic heterocycles. The maximum Gasteiger partial charge on any atom is 0.315 e. The van der Waals surface area contributed by atoms with Crippen LogP contribution in [0.5, 0.6) is 0 Å². The minimum atomic E-state index is -0.848. The largest absolute Gasteiger partial charge is 0.481 e. The van der Waals surface area contributed by atoms with Gasteiger partial charge in [-0.05, 0) is 12.5 Å². The van der Waals surface area contributed by atoms with Gasteiger partial charge in [0.2, 0.25) is 0 Å². The van der Waals surface area contributed by atoms with Crippen molar-refractivity contribution in [2.45, 2.75) is 12.8 Å². The first-order valence-corrected chi connectivity index (χ1v) is 4.06. The zero-order chi connectivity index (χ0) is 9.84. The Kier molecular flexibility index (Phi) is 2.85. The smallest absolute Gasteiger partial charge is 0.315 e. The fourth-order valence-corrected chi connectivity index (χ4v) is 1.28. The molecular formula is C11H12O2. The number of carbonyl (C=O) groups is 1. The number of carboxylic acids is 1. The van der Waals surface area contributed by atoms with Gasteiger partial charge in [0, 0.05) is 0 Å². The summed E-state index contributed by atoms with van der Waals surface area (Å²) in [4.78, 5) is 10.9. The van der Waals surface area contributed by atoms with Crippen LogP contribution in [-0.2, 0) is 4.79 Å². The van der Waals surface area contributed by atoms with E-state index in [1.54, 1.807) is 19.1 Å². The van der Waals surface area contributed by atoms with E-state index in [1.807, 2.05) is 18.2 Å². The molecule has 0 aliphatic heterocycles. The molecule has 0 unspecified atom stereocenters. The van der Waals surface area contributed by atoms with Crippen molar-refractivity contribution in [3.63, 3.8) is 0 Å². The molecule has 1 aromatic rings. The summed E-state index contributed by atoms with van der Waals surface area (Å²) in [6, 6.07) is 9.12. The lowest BCUT2D eigenvalue weighted by atomic mass is 9.93. The second-order valence-corrected chi connectivity index (χ2v) is 3.03. The highest BCUT2D eigenvalue weighted by atomic mass is 16.4. The van der Waals surface area contributed by atoms with Gasteiger partial charge >= 0.3 is 5.97 Å². The van der Waals surface area contributed by atoms with Crippen LogP contribution in [0.2, 0.25) is 0 Å². The quantitative estimate of drug-likeness (QED) is 0.718. The van der Waals surface area contributed by atoms with E-state index in [9.17, 15) is 4.79 Å². The van der Waals surface area contributed by atoms with Crippen molar-refractivity contribution in [3.8, 4) is 0 Å². The van der Waals surface area contributed by atoms with Gasteiger partial charge in [-0.15, -0.1) is 0 Å². The van der Waals surface area contributed by atoms with Crippen molar-refractivity contribution < 1.29 is 9.90 Å². The Morgan fingerprint density at radius 1 is 1.38 bits per heavy atom. The predicted molar refractivity (Wildman–Crippen MR) is 51.6 cm³/mol. The summed E-state index contributed by atoms with van der Waals surface area (Å²) < 4.78 is 0. The summed E-state index contributed by atoms with van der Waals surface area (Å²) in [5.74, 6) is -1.43. The van der Waals surface area contributed by atoms with E-state index < -0.39 is 11.9 Å². The van der Waals surface area contributed by atoms with Crippen LogP contribution in [0.1, 0.15) is 18.4 Å². The molecule has 0 saturated heterocycles. The van der Waals surface area contributed by atoms with E-state index in [0.717, 1.165) is 5.56 Å². The Bertz CT molecular complexity index is 300. The van der Waals surface area contributed by atoms with Crippen LogP contribution in [-0.4, -0.2) is 11.1 Å². The normalized spacial score (nSPS) is 12.1. The van der Waals surface area contributed by atoms with Gasteiger partial charge in [0.05, 0.1) is 0 Å². The first-order valence-electron chi connectivity index (χ1n) is 4.06. The number of rotatable bonds is 3. The summed E-state index contributed by atoms with van der Waals surface area (Å²) in [7, 11) is 0. The Morgan fingerprint density at radius 3 is 2.31 bits per heavy atom. The summed E-state index contributed by atoms with van der Waals surface area (Å²) >= 11 is 0. The number of carboxylic acid groups (broad SMARTS) is 1. The minimum absolute atomic E-state index is 0.582. The minimum Gasteiger partial charge on any atom is -0.481 e. The summed E-state index contributed by atoms with van der Waals surface area (Å²) in [6.07, 6.45) is 0. The van der Waals surface area contributed by atoms with Crippen molar-refractivity contribution in [2.24, 2.45) is 0 Å². The molecule has 1 N–H and O–H groups in total. The van der Waals surface area contributed by atoms with Crippen molar-refractivity contribution >= 4 is 5.97 Å². The highest BCUT2D eigenvalue weighted by Crippen LogP contribution is 2.22. The monoisotopic (exact) mass is 176 g/mol. The molecule has 0 fully saturated rings. The Balaban J connectivity index is 3.03. The van der Waals surface area contributed by atoms with Gasteiger partial charge in [-0.1, -0.05) is 42.5 Å². The Hall–Kier alpha value is -1.57. The number of benzene rings is 1. The fourth-order valence-electron chi connectivity index (χ4n) is 1.28. The summed E-state index contributed by atoms with van der Waals surface area (Å²) in [5, 5.41) is 8.94. The molecule has 2 nitrogen and oxygen atoms in total. The maximum absolute atomic E-state index is 10.9. The third-order valence-electron chi connectivity index (χ3n) is 1.87. The van der Waals surface area contributed by atoms with Crippen LogP contribution in [0.4, 0.5) is 0 Å². The third kappa shape index (κ3) is 2.18. The molecule has 0 heterocycles. The Labute approximate surface area is 77.5 Å². The highest BCUT2D eigenvalue weighted by Gasteiger charge is 2.19. The van der Waals surface area contributed by atoms with E-state index >= 15 is 0 Å². The van der Waals surface area contributed by atoms with E-state index in [1.165, 1.54) is 0 Å². The second-order valence-electron chi connectivity index (χ2n) is 3.03. The average Bonchev–Trinajstić information content (AvgIpc) is 2.04. The van der Waals surface area contributed by atoms with Gasteiger partial charge in [0.15, 0.2) is 0 Å². The zero-order valence-electron chi connectivity index (χ0n) is 7.53. The van der Waals surface area contributed by atoms with Gasteiger partial charge in [0.1, 0.15) is 5.92 Å². The van der Waals surface area contributed by atoms with Crippen LogP contribution < -0.4 is 0 Å². The van der Waals surface area contributed by atoms with Crippen molar-refractivity contribution in [2.75, 3.05) is 0 Å². The fraction of sp³-hybridized carbons (Fsp3) is 0.182.